The third kappa shape index (κ3) is 7.71. The number of carbonyl (C=O) groups is 1. The van der Waals surface area contributed by atoms with Gasteiger partial charge in [-0.1, -0.05) is 0 Å². The molecule has 1 saturated heterocycles. The first-order chi connectivity index (χ1) is 19.9. The largest absolute Gasteiger partial charge is 0.497 e. The molecule has 9 nitrogen and oxygen atoms in total. The van der Waals surface area contributed by atoms with Gasteiger partial charge in [0.1, 0.15) is 29.4 Å². The van der Waals surface area contributed by atoms with E-state index in [1.807, 2.05) is 31.2 Å². The molecule has 2 heterocycles. The normalized spacial score (nSPS) is 16.3. The van der Waals surface area contributed by atoms with Gasteiger partial charge < -0.3 is 24.8 Å². The zero-order valence-electron chi connectivity index (χ0n) is 23.6. The zero-order chi connectivity index (χ0) is 28.8. The Morgan fingerprint density at radius 1 is 1.10 bits per heavy atom. The maximum atomic E-state index is 14.3. The van der Waals surface area contributed by atoms with Crippen molar-refractivity contribution < 1.29 is 23.8 Å². The second kappa shape index (κ2) is 13.3. The van der Waals surface area contributed by atoms with Crippen molar-refractivity contribution in [3.63, 3.8) is 0 Å². The van der Waals surface area contributed by atoms with Crippen LogP contribution in [-0.2, 0) is 0 Å². The zero-order valence-corrected chi connectivity index (χ0v) is 23.6. The summed E-state index contributed by atoms with van der Waals surface area (Å²) in [5, 5.41) is 16.8. The van der Waals surface area contributed by atoms with Crippen molar-refractivity contribution in [3.05, 3.63) is 65.6 Å². The van der Waals surface area contributed by atoms with E-state index in [9.17, 15) is 14.3 Å². The van der Waals surface area contributed by atoms with Crippen LogP contribution in [0.3, 0.4) is 0 Å². The average molecular weight is 564 g/mol. The van der Waals surface area contributed by atoms with Crippen LogP contribution in [0, 0.1) is 17.7 Å². The van der Waals surface area contributed by atoms with E-state index in [-0.39, 0.29) is 11.5 Å². The number of nitrogens with zero attached hydrogens (tertiary/aromatic N) is 3. The molecular formula is C31H38FN5O4. The molecule has 1 saturated carbocycles. The second-order valence-electron chi connectivity index (χ2n) is 10.8. The SMILES string of the molecule is CCNC(=O)c1cc(F)cc(-c2nccc(N3CCC(CNC(O)c4cc(OC)cc(OCC5CC5)c4)CC3)n2)c1. The van der Waals surface area contributed by atoms with Gasteiger partial charge in [0.05, 0.1) is 13.7 Å². The Bertz CT molecular complexity index is 1340. The van der Waals surface area contributed by atoms with Crippen LogP contribution in [0.1, 0.15) is 54.8 Å². The van der Waals surface area contributed by atoms with E-state index in [0.717, 1.165) is 31.7 Å². The molecule has 1 aliphatic carbocycles. The van der Waals surface area contributed by atoms with Crippen LogP contribution in [0.15, 0.2) is 48.7 Å². The van der Waals surface area contributed by atoms with Gasteiger partial charge in [-0.2, -0.15) is 0 Å². The minimum atomic E-state index is -0.827. The number of nitrogens with one attached hydrogen (secondary N) is 2. The number of anilines is 1. The Balaban J connectivity index is 1.16. The first kappa shape index (κ1) is 28.8. The summed E-state index contributed by atoms with van der Waals surface area (Å²) < 4.78 is 25.6. The lowest BCUT2D eigenvalue weighted by atomic mass is 9.96. The molecule has 0 bridgehead atoms. The van der Waals surface area contributed by atoms with Gasteiger partial charge in [-0.05, 0) is 80.8 Å². The van der Waals surface area contributed by atoms with E-state index in [1.165, 1.54) is 25.0 Å². The predicted molar refractivity (Wildman–Crippen MR) is 155 cm³/mol. The standard InChI is InChI=1S/C31H38FN5O4/c1-3-33-30(38)23-12-22(13-25(32)14-23)29-34-9-6-28(36-29)37-10-7-20(8-11-37)18-35-31(39)24-15-26(40-2)17-27(16-24)41-19-21-4-5-21/h6,9,12-17,20-21,31,35,39H,3-5,7-8,10-11,18-19H2,1-2H3,(H,33,38). The quantitative estimate of drug-likeness (QED) is 0.280. The highest BCUT2D eigenvalue weighted by atomic mass is 19.1. The minimum absolute atomic E-state index is 0.238. The van der Waals surface area contributed by atoms with Gasteiger partial charge in [-0.25, -0.2) is 14.4 Å². The molecule has 1 atom stereocenters. The molecule has 1 aliphatic heterocycles. The van der Waals surface area contributed by atoms with Gasteiger partial charge in [-0.15, -0.1) is 0 Å². The van der Waals surface area contributed by atoms with Crippen LogP contribution in [0.4, 0.5) is 10.2 Å². The molecule has 1 unspecified atom stereocenters. The van der Waals surface area contributed by atoms with E-state index in [1.54, 1.807) is 19.4 Å². The van der Waals surface area contributed by atoms with Gasteiger partial charge >= 0.3 is 0 Å². The van der Waals surface area contributed by atoms with Crippen molar-refractivity contribution in [3.8, 4) is 22.9 Å². The lowest BCUT2D eigenvalue weighted by Gasteiger charge is -2.33. The molecule has 2 aliphatic rings. The molecule has 218 valence electrons. The molecular weight excluding hydrogens is 525 g/mol. The molecule has 3 N–H and O–H groups in total. The fraction of sp³-hybridized carbons (Fsp3) is 0.452. The molecule has 0 spiro atoms. The first-order valence-electron chi connectivity index (χ1n) is 14.3. The van der Waals surface area contributed by atoms with Crippen molar-refractivity contribution in [2.75, 3.05) is 44.8 Å². The van der Waals surface area contributed by atoms with Crippen LogP contribution in [-0.4, -0.2) is 60.9 Å². The predicted octanol–water partition coefficient (Wildman–Crippen LogP) is 4.33. The van der Waals surface area contributed by atoms with Gasteiger partial charge in [-0.3, -0.25) is 10.1 Å². The lowest BCUT2D eigenvalue weighted by molar-refractivity contribution is 0.0955. The molecule has 10 heteroatoms. The Kier molecular flexibility index (Phi) is 9.31. The number of aliphatic hydroxyl groups excluding tert-OH is 1. The highest BCUT2D eigenvalue weighted by Crippen LogP contribution is 2.32. The molecule has 1 amide bonds. The summed E-state index contributed by atoms with van der Waals surface area (Å²) in [6, 6.07) is 11.6. The fourth-order valence-electron chi connectivity index (χ4n) is 4.99. The number of amides is 1. The second-order valence-corrected chi connectivity index (χ2v) is 10.8. The van der Waals surface area contributed by atoms with E-state index in [0.29, 0.717) is 60.0 Å². The van der Waals surface area contributed by atoms with E-state index < -0.39 is 12.0 Å². The molecule has 3 aromatic rings. The number of hydrogen-bond donors (Lipinski definition) is 3. The number of aliphatic hydroxyl groups is 1. The average Bonchev–Trinajstić information content (AvgIpc) is 3.83. The molecule has 0 radical (unpaired) electrons. The van der Waals surface area contributed by atoms with Crippen LogP contribution in [0.2, 0.25) is 0 Å². The van der Waals surface area contributed by atoms with Gasteiger partial charge in [0.2, 0.25) is 0 Å². The van der Waals surface area contributed by atoms with Crippen LogP contribution in [0.25, 0.3) is 11.4 Å². The monoisotopic (exact) mass is 563 g/mol. The van der Waals surface area contributed by atoms with Crippen LogP contribution >= 0.6 is 0 Å². The molecule has 2 aromatic carbocycles. The summed E-state index contributed by atoms with van der Waals surface area (Å²) in [6.07, 6.45) is 5.11. The summed E-state index contributed by atoms with van der Waals surface area (Å²) in [5.41, 5.74) is 1.41. The number of halogens is 1. The number of rotatable bonds is 12. The summed E-state index contributed by atoms with van der Waals surface area (Å²) in [5.74, 6) is 2.69. The number of piperidine rings is 1. The summed E-state index contributed by atoms with van der Waals surface area (Å²) in [7, 11) is 1.61. The van der Waals surface area contributed by atoms with Crippen LogP contribution < -0.4 is 25.0 Å². The number of hydrogen-bond acceptors (Lipinski definition) is 8. The Morgan fingerprint density at radius 3 is 2.61 bits per heavy atom. The molecule has 1 aromatic heterocycles. The van der Waals surface area contributed by atoms with E-state index >= 15 is 0 Å². The molecule has 41 heavy (non-hydrogen) atoms. The van der Waals surface area contributed by atoms with Crippen LogP contribution in [0.5, 0.6) is 11.5 Å². The number of ether oxygens (including phenoxy) is 2. The number of methoxy groups -OCH3 is 1. The molecule has 2 fully saturated rings. The van der Waals surface area contributed by atoms with Crippen molar-refractivity contribution in [2.24, 2.45) is 11.8 Å². The van der Waals surface area contributed by atoms with E-state index in [4.69, 9.17) is 9.47 Å². The van der Waals surface area contributed by atoms with Crippen molar-refractivity contribution in [2.45, 2.75) is 38.8 Å². The van der Waals surface area contributed by atoms with E-state index in [2.05, 4.69) is 25.5 Å². The van der Waals surface area contributed by atoms with Crippen molar-refractivity contribution in [1.82, 2.24) is 20.6 Å². The maximum Gasteiger partial charge on any atom is 0.251 e. The summed E-state index contributed by atoms with van der Waals surface area (Å²) in [4.78, 5) is 23.4. The van der Waals surface area contributed by atoms with Crippen molar-refractivity contribution >= 4 is 11.7 Å². The Hall–Kier alpha value is -3.76. The summed E-state index contributed by atoms with van der Waals surface area (Å²) >= 11 is 0. The van der Waals surface area contributed by atoms with Gasteiger partial charge in [0.15, 0.2) is 5.82 Å². The minimum Gasteiger partial charge on any atom is -0.497 e. The van der Waals surface area contributed by atoms with Gasteiger partial charge in [0.25, 0.3) is 5.91 Å². The van der Waals surface area contributed by atoms with Crippen molar-refractivity contribution in [1.29, 1.82) is 0 Å². The number of aromatic nitrogens is 2. The third-order valence-corrected chi connectivity index (χ3v) is 7.57. The highest BCUT2D eigenvalue weighted by Gasteiger charge is 2.24. The third-order valence-electron chi connectivity index (χ3n) is 7.57. The Morgan fingerprint density at radius 2 is 1.88 bits per heavy atom. The highest BCUT2D eigenvalue weighted by molar-refractivity contribution is 5.95. The topological polar surface area (TPSA) is 109 Å². The smallest absolute Gasteiger partial charge is 0.251 e. The summed E-state index contributed by atoms with van der Waals surface area (Å²) in [6.45, 7) is 5.23. The lowest BCUT2D eigenvalue weighted by Crippen LogP contribution is -2.38. The number of benzene rings is 2. The molecule has 5 rings (SSSR count). The Labute approximate surface area is 240 Å². The number of carbonyl (C=O) groups excluding carboxylic acids is 1. The maximum absolute atomic E-state index is 14.3. The van der Waals surface area contributed by atoms with Gasteiger partial charge in [0, 0.05) is 55.1 Å². The first-order valence-corrected chi connectivity index (χ1v) is 14.3. The fourth-order valence-corrected chi connectivity index (χ4v) is 4.99.